The van der Waals surface area contributed by atoms with Gasteiger partial charge in [0, 0.05) is 19.1 Å². The molecule has 4 heteroatoms. The van der Waals surface area contributed by atoms with Crippen LogP contribution in [-0.2, 0) is 11.3 Å². The highest BCUT2D eigenvalue weighted by molar-refractivity contribution is 5.34. The van der Waals surface area contributed by atoms with Gasteiger partial charge in [0.25, 0.3) is 0 Å². The molecule has 3 nitrogen and oxygen atoms in total. The lowest BCUT2D eigenvalue weighted by Gasteiger charge is -2.29. The number of methoxy groups -OCH3 is 1. The summed E-state index contributed by atoms with van der Waals surface area (Å²) in [5.74, 6) is -0.233. The quantitative estimate of drug-likeness (QED) is 0.897. The minimum absolute atomic E-state index is 0.0362. The monoisotopic (exact) mass is 254 g/mol. The maximum absolute atomic E-state index is 13.7. The highest BCUT2D eigenvalue weighted by Crippen LogP contribution is 2.29. The van der Waals surface area contributed by atoms with E-state index in [4.69, 9.17) is 9.47 Å². The molecule has 1 aliphatic carbocycles. The van der Waals surface area contributed by atoms with Crippen LogP contribution >= 0.6 is 0 Å². The molecule has 0 aromatic heterocycles. The molecule has 0 amide bonds. The Balaban J connectivity index is 2.09. The first-order valence-electron chi connectivity index (χ1n) is 6.32. The molecule has 1 aromatic rings. The van der Waals surface area contributed by atoms with Gasteiger partial charge in [-0.25, -0.2) is 4.39 Å². The Labute approximate surface area is 107 Å². The van der Waals surface area contributed by atoms with Crippen LogP contribution in [0.5, 0.6) is 5.75 Å². The van der Waals surface area contributed by atoms with Crippen molar-refractivity contribution >= 4 is 0 Å². The van der Waals surface area contributed by atoms with Gasteiger partial charge in [-0.05, 0) is 25.3 Å². The van der Waals surface area contributed by atoms with Gasteiger partial charge in [0.05, 0.1) is 12.7 Å². The van der Waals surface area contributed by atoms with E-state index in [1.54, 1.807) is 19.2 Å². The Bertz CT molecular complexity index is 395. The molecule has 1 N–H and O–H groups in total. The second-order valence-electron chi connectivity index (χ2n) is 4.65. The predicted molar refractivity (Wildman–Crippen MR) is 66.0 cm³/mol. The first-order valence-corrected chi connectivity index (χ1v) is 6.32. The standard InChI is InChI=1S/C14H19FO3/c1-17-11-5-3-6-12(8-11)18-14-10(9-16)4-2-7-13(14)15/h2,4,7,11-12,16H,3,5-6,8-9H2,1H3. The van der Waals surface area contributed by atoms with Crippen LogP contribution in [0.3, 0.4) is 0 Å². The molecule has 1 fully saturated rings. The van der Waals surface area contributed by atoms with Crippen molar-refractivity contribution in [3.63, 3.8) is 0 Å². The fraction of sp³-hybridized carbons (Fsp3) is 0.571. The number of halogens is 1. The normalized spacial score (nSPS) is 23.9. The van der Waals surface area contributed by atoms with E-state index in [-0.39, 0.29) is 24.6 Å². The van der Waals surface area contributed by atoms with E-state index in [0.29, 0.717) is 5.56 Å². The molecule has 2 rings (SSSR count). The van der Waals surface area contributed by atoms with E-state index < -0.39 is 5.82 Å². The van der Waals surface area contributed by atoms with Crippen molar-refractivity contribution < 1.29 is 19.0 Å². The lowest BCUT2D eigenvalue weighted by atomic mass is 9.95. The van der Waals surface area contributed by atoms with Crippen LogP contribution in [0, 0.1) is 5.82 Å². The fourth-order valence-corrected chi connectivity index (χ4v) is 2.40. The van der Waals surface area contributed by atoms with Crippen LogP contribution in [0.1, 0.15) is 31.2 Å². The molecule has 2 unspecified atom stereocenters. The molecule has 100 valence electrons. The summed E-state index contributed by atoms with van der Waals surface area (Å²) in [4.78, 5) is 0. The van der Waals surface area contributed by atoms with Gasteiger partial charge >= 0.3 is 0 Å². The third-order valence-corrected chi connectivity index (χ3v) is 3.41. The summed E-state index contributed by atoms with van der Waals surface area (Å²) in [6.07, 6.45) is 3.88. The van der Waals surface area contributed by atoms with Crippen LogP contribution < -0.4 is 4.74 Å². The predicted octanol–water partition coefficient (Wildman–Crippen LogP) is 2.65. The van der Waals surface area contributed by atoms with Crippen LogP contribution in [0.2, 0.25) is 0 Å². The van der Waals surface area contributed by atoms with E-state index in [9.17, 15) is 9.50 Å². The number of aliphatic hydroxyl groups is 1. The summed E-state index contributed by atoms with van der Waals surface area (Å²) in [6, 6.07) is 4.60. The first-order chi connectivity index (χ1) is 8.74. The smallest absolute Gasteiger partial charge is 0.165 e. The first kappa shape index (κ1) is 13.3. The summed E-state index contributed by atoms with van der Waals surface area (Å²) in [6.45, 7) is -0.215. The third kappa shape index (κ3) is 3.00. The van der Waals surface area contributed by atoms with Gasteiger partial charge in [-0.2, -0.15) is 0 Å². The molecule has 1 saturated carbocycles. The second kappa shape index (κ2) is 6.16. The van der Waals surface area contributed by atoms with Gasteiger partial charge in [0.15, 0.2) is 11.6 Å². The second-order valence-corrected chi connectivity index (χ2v) is 4.65. The Morgan fingerprint density at radius 2 is 2.11 bits per heavy atom. The van der Waals surface area contributed by atoms with E-state index >= 15 is 0 Å². The number of ether oxygens (including phenoxy) is 2. The molecule has 0 bridgehead atoms. The van der Waals surface area contributed by atoms with Gasteiger partial charge in [-0.1, -0.05) is 12.1 Å². The Kier molecular flexibility index (Phi) is 4.55. The van der Waals surface area contributed by atoms with Crippen molar-refractivity contribution in [2.45, 2.75) is 44.5 Å². The van der Waals surface area contributed by atoms with Crippen molar-refractivity contribution in [3.8, 4) is 5.75 Å². The molecule has 0 spiro atoms. The summed E-state index contributed by atoms with van der Waals surface area (Å²) < 4.78 is 24.8. The maximum Gasteiger partial charge on any atom is 0.165 e. The number of hydrogen-bond acceptors (Lipinski definition) is 3. The molecule has 0 radical (unpaired) electrons. The third-order valence-electron chi connectivity index (χ3n) is 3.41. The molecular weight excluding hydrogens is 235 g/mol. The topological polar surface area (TPSA) is 38.7 Å². The summed E-state index contributed by atoms with van der Waals surface area (Å²) in [7, 11) is 1.69. The van der Waals surface area contributed by atoms with Gasteiger partial charge in [0.2, 0.25) is 0 Å². The van der Waals surface area contributed by atoms with Crippen molar-refractivity contribution in [3.05, 3.63) is 29.6 Å². The van der Waals surface area contributed by atoms with Crippen LogP contribution in [0.4, 0.5) is 4.39 Å². The summed E-state index contributed by atoms with van der Waals surface area (Å²) in [5, 5.41) is 9.20. The molecule has 0 aliphatic heterocycles. The van der Waals surface area contributed by atoms with Crippen molar-refractivity contribution in [1.82, 2.24) is 0 Å². The highest BCUT2D eigenvalue weighted by Gasteiger charge is 2.24. The molecule has 1 aromatic carbocycles. The van der Waals surface area contributed by atoms with Gasteiger partial charge in [-0.15, -0.1) is 0 Å². The van der Waals surface area contributed by atoms with Crippen LogP contribution in [-0.4, -0.2) is 24.4 Å². The van der Waals surface area contributed by atoms with Crippen molar-refractivity contribution in [2.24, 2.45) is 0 Å². The molecule has 18 heavy (non-hydrogen) atoms. The lowest BCUT2D eigenvalue weighted by Crippen LogP contribution is -2.30. The zero-order chi connectivity index (χ0) is 13.0. The SMILES string of the molecule is COC1CCCC(Oc2c(F)cccc2CO)C1. The number of rotatable bonds is 4. The average Bonchev–Trinajstić information content (AvgIpc) is 2.41. The zero-order valence-electron chi connectivity index (χ0n) is 10.6. The van der Waals surface area contributed by atoms with Crippen molar-refractivity contribution in [1.29, 1.82) is 0 Å². The molecular formula is C14H19FO3. The molecule has 2 atom stereocenters. The molecule has 0 heterocycles. The van der Waals surface area contributed by atoms with Crippen LogP contribution in [0.15, 0.2) is 18.2 Å². The van der Waals surface area contributed by atoms with Crippen molar-refractivity contribution in [2.75, 3.05) is 7.11 Å². The Hall–Kier alpha value is -1.13. The molecule has 1 aliphatic rings. The Morgan fingerprint density at radius 3 is 2.83 bits per heavy atom. The van der Waals surface area contributed by atoms with E-state index in [1.807, 2.05) is 0 Å². The van der Waals surface area contributed by atoms with Crippen LogP contribution in [0.25, 0.3) is 0 Å². The summed E-state index contributed by atoms with van der Waals surface area (Å²) >= 11 is 0. The Morgan fingerprint density at radius 1 is 1.33 bits per heavy atom. The van der Waals surface area contributed by atoms with E-state index in [2.05, 4.69) is 0 Å². The number of para-hydroxylation sites is 1. The lowest BCUT2D eigenvalue weighted by molar-refractivity contribution is 0.0190. The largest absolute Gasteiger partial charge is 0.487 e. The molecule has 0 saturated heterocycles. The fourth-order valence-electron chi connectivity index (χ4n) is 2.40. The van der Waals surface area contributed by atoms with Gasteiger partial charge in [0.1, 0.15) is 6.10 Å². The number of benzene rings is 1. The van der Waals surface area contributed by atoms with E-state index in [0.717, 1.165) is 25.7 Å². The average molecular weight is 254 g/mol. The minimum atomic E-state index is -0.416. The maximum atomic E-state index is 13.7. The minimum Gasteiger partial charge on any atom is -0.487 e. The van der Waals surface area contributed by atoms with Gasteiger partial charge < -0.3 is 14.6 Å². The number of hydrogen-bond donors (Lipinski definition) is 1. The summed E-state index contributed by atoms with van der Waals surface area (Å²) in [5.41, 5.74) is 0.495. The van der Waals surface area contributed by atoms with E-state index in [1.165, 1.54) is 6.07 Å². The highest BCUT2D eigenvalue weighted by atomic mass is 19.1. The number of aliphatic hydroxyl groups excluding tert-OH is 1. The zero-order valence-corrected chi connectivity index (χ0v) is 10.6. The van der Waals surface area contributed by atoms with Gasteiger partial charge in [-0.3, -0.25) is 0 Å².